The van der Waals surface area contributed by atoms with Crippen LogP contribution in [-0.2, 0) is 17.8 Å². The highest BCUT2D eigenvalue weighted by Crippen LogP contribution is 2.20. The lowest BCUT2D eigenvalue weighted by atomic mass is 10.0. The summed E-state index contributed by atoms with van der Waals surface area (Å²) in [7, 11) is 0. The standard InChI is InChI=1S/C21H22N2O2/c1-16(2)13-20-19(14-22-23(20)18-11-7-4-8-12-18)21(24)25-15-17-9-5-3-6-10-17/h3-12,14,16H,13,15H2,1-2H3. The summed E-state index contributed by atoms with van der Waals surface area (Å²) in [6, 6.07) is 19.5. The molecule has 0 aliphatic carbocycles. The monoisotopic (exact) mass is 334 g/mol. The Morgan fingerprint density at radius 1 is 1.04 bits per heavy atom. The van der Waals surface area contributed by atoms with Crippen LogP contribution in [0.4, 0.5) is 0 Å². The number of aromatic nitrogens is 2. The largest absolute Gasteiger partial charge is 0.457 e. The molecule has 0 aliphatic rings. The van der Waals surface area contributed by atoms with E-state index in [-0.39, 0.29) is 12.6 Å². The molecule has 0 bridgehead atoms. The fourth-order valence-corrected chi connectivity index (χ4v) is 2.72. The number of ether oxygens (including phenoxy) is 1. The van der Waals surface area contributed by atoms with Crippen LogP contribution in [-0.4, -0.2) is 15.7 Å². The van der Waals surface area contributed by atoms with Crippen molar-refractivity contribution in [2.45, 2.75) is 26.9 Å². The molecule has 25 heavy (non-hydrogen) atoms. The van der Waals surface area contributed by atoms with E-state index in [4.69, 9.17) is 4.74 Å². The third-order valence-electron chi connectivity index (χ3n) is 3.90. The van der Waals surface area contributed by atoms with Crippen molar-refractivity contribution in [3.8, 4) is 5.69 Å². The zero-order chi connectivity index (χ0) is 17.6. The van der Waals surface area contributed by atoms with Gasteiger partial charge in [-0.1, -0.05) is 62.4 Å². The zero-order valence-electron chi connectivity index (χ0n) is 14.6. The van der Waals surface area contributed by atoms with Crippen LogP contribution in [0.1, 0.15) is 35.5 Å². The third kappa shape index (κ3) is 4.15. The van der Waals surface area contributed by atoms with E-state index in [2.05, 4.69) is 18.9 Å². The van der Waals surface area contributed by atoms with Crippen molar-refractivity contribution in [3.63, 3.8) is 0 Å². The highest BCUT2D eigenvalue weighted by molar-refractivity contribution is 5.90. The molecule has 4 nitrogen and oxygen atoms in total. The van der Waals surface area contributed by atoms with E-state index in [1.165, 1.54) is 0 Å². The molecule has 0 unspecified atom stereocenters. The smallest absolute Gasteiger partial charge is 0.341 e. The Morgan fingerprint density at radius 3 is 2.32 bits per heavy atom. The molecule has 0 fully saturated rings. The molecule has 128 valence electrons. The Morgan fingerprint density at radius 2 is 1.68 bits per heavy atom. The average molecular weight is 334 g/mol. The zero-order valence-corrected chi connectivity index (χ0v) is 14.6. The maximum Gasteiger partial charge on any atom is 0.341 e. The second-order valence-corrected chi connectivity index (χ2v) is 6.41. The molecular weight excluding hydrogens is 312 g/mol. The number of nitrogens with zero attached hydrogens (tertiary/aromatic N) is 2. The summed E-state index contributed by atoms with van der Waals surface area (Å²) in [6.07, 6.45) is 2.36. The molecule has 4 heteroatoms. The minimum atomic E-state index is -0.332. The minimum absolute atomic E-state index is 0.261. The van der Waals surface area contributed by atoms with E-state index in [0.29, 0.717) is 11.5 Å². The predicted molar refractivity (Wildman–Crippen MR) is 97.7 cm³/mol. The number of esters is 1. The van der Waals surface area contributed by atoms with Crippen molar-refractivity contribution < 1.29 is 9.53 Å². The van der Waals surface area contributed by atoms with Gasteiger partial charge in [0.15, 0.2) is 0 Å². The summed E-state index contributed by atoms with van der Waals surface area (Å²) in [6.45, 7) is 4.51. The maximum absolute atomic E-state index is 12.6. The first-order chi connectivity index (χ1) is 12.1. The Bertz CT molecular complexity index is 824. The second-order valence-electron chi connectivity index (χ2n) is 6.41. The molecule has 0 aliphatic heterocycles. The number of hydrogen-bond acceptors (Lipinski definition) is 3. The predicted octanol–water partition coefficient (Wildman–Crippen LogP) is 4.43. The van der Waals surface area contributed by atoms with Crippen LogP contribution in [0.25, 0.3) is 5.69 Å². The van der Waals surface area contributed by atoms with Crippen molar-refractivity contribution in [1.82, 2.24) is 9.78 Å². The van der Waals surface area contributed by atoms with Crippen LogP contribution in [0.15, 0.2) is 66.9 Å². The Hall–Kier alpha value is -2.88. The highest BCUT2D eigenvalue weighted by atomic mass is 16.5. The number of rotatable bonds is 6. The van der Waals surface area contributed by atoms with Gasteiger partial charge in [0.05, 0.1) is 17.6 Å². The number of para-hydroxylation sites is 1. The summed E-state index contributed by atoms with van der Waals surface area (Å²) in [4.78, 5) is 12.6. The lowest BCUT2D eigenvalue weighted by Gasteiger charge is -2.12. The van der Waals surface area contributed by atoms with Crippen molar-refractivity contribution in [2.24, 2.45) is 5.92 Å². The molecule has 0 N–H and O–H groups in total. The van der Waals surface area contributed by atoms with Gasteiger partial charge in [-0.15, -0.1) is 0 Å². The van der Waals surface area contributed by atoms with E-state index < -0.39 is 0 Å². The highest BCUT2D eigenvalue weighted by Gasteiger charge is 2.20. The van der Waals surface area contributed by atoms with Crippen molar-refractivity contribution in [2.75, 3.05) is 0 Å². The van der Waals surface area contributed by atoms with Crippen LogP contribution >= 0.6 is 0 Å². The molecule has 0 amide bonds. The number of hydrogen-bond donors (Lipinski definition) is 0. The first kappa shape index (κ1) is 17.0. The summed E-state index contributed by atoms with van der Waals surface area (Å²) in [5.41, 5.74) is 3.34. The van der Waals surface area contributed by atoms with Crippen LogP contribution in [0.3, 0.4) is 0 Å². The molecule has 3 rings (SSSR count). The normalized spacial score (nSPS) is 10.8. The molecule has 0 spiro atoms. The summed E-state index contributed by atoms with van der Waals surface area (Å²) < 4.78 is 7.33. The topological polar surface area (TPSA) is 44.1 Å². The molecule has 1 aromatic heterocycles. The van der Waals surface area contributed by atoms with Gasteiger partial charge >= 0.3 is 5.97 Å². The fourth-order valence-electron chi connectivity index (χ4n) is 2.72. The van der Waals surface area contributed by atoms with Crippen LogP contribution < -0.4 is 0 Å². The van der Waals surface area contributed by atoms with Gasteiger partial charge in [0.1, 0.15) is 12.2 Å². The molecule has 0 saturated heterocycles. The summed E-state index contributed by atoms with van der Waals surface area (Å²) >= 11 is 0. The average Bonchev–Trinajstić information content (AvgIpc) is 3.04. The number of carbonyl (C=O) groups is 1. The van der Waals surface area contributed by atoms with Crippen molar-refractivity contribution >= 4 is 5.97 Å². The Balaban J connectivity index is 1.85. The molecule has 3 aromatic rings. The minimum Gasteiger partial charge on any atom is -0.457 e. The third-order valence-corrected chi connectivity index (χ3v) is 3.90. The first-order valence-corrected chi connectivity index (χ1v) is 8.48. The van der Waals surface area contributed by atoms with E-state index in [1.54, 1.807) is 6.20 Å². The fraction of sp³-hybridized carbons (Fsp3) is 0.238. The van der Waals surface area contributed by atoms with Crippen molar-refractivity contribution in [3.05, 3.63) is 83.7 Å². The van der Waals surface area contributed by atoms with E-state index in [9.17, 15) is 4.79 Å². The van der Waals surface area contributed by atoms with E-state index >= 15 is 0 Å². The molecule has 1 heterocycles. The number of carbonyl (C=O) groups excluding carboxylic acids is 1. The molecule has 0 atom stereocenters. The lowest BCUT2D eigenvalue weighted by Crippen LogP contribution is -2.12. The van der Waals surface area contributed by atoms with Gasteiger partial charge in [-0.2, -0.15) is 5.10 Å². The molecule has 2 aromatic carbocycles. The first-order valence-electron chi connectivity index (χ1n) is 8.48. The van der Waals surface area contributed by atoms with E-state index in [0.717, 1.165) is 23.4 Å². The summed E-state index contributed by atoms with van der Waals surface area (Å²) in [5.74, 6) is 0.0709. The SMILES string of the molecule is CC(C)Cc1c(C(=O)OCc2ccccc2)cnn1-c1ccccc1. The van der Waals surface area contributed by atoms with Crippen LogP contribution in [0, 0.1) is 5.92 Å². The maximum atomic E-state index is 12.6. The van der Waals surface area contributed by atoms with Crippen LogP contribution in [0.5, 0.6) is 0 Å². The van der Waals surface area contributed by atoms with Gasteiger partial charge in [-0.3, -0.25) is 0 Å². The van der Waals surface area contributed by atoms with Crippen molar-refractivity contribution in [1.29, 1.82) is 0 Å². The Labute approximate surface area is 148 Å². The molecular formula is C21H22N2O2. The Kier molecular flexibility index (Phi) is 5.29. The van der Waals surface area contributed by atoms with Gasteiger partial charge in [-0.25, -0.2) is 9.48 Å². The number of benzene rings is 2. The van der Waals surface area contributed by atoms with Crippen LogP contribution in [0.2, 0.25) is 0 Å². The summed E-state index contributed by atoms with van der Waals surface area (Å²) in [5, 5.41) is 4.43. The second kappa shape index (κ2) is 7.79. The quantitative estimate of drug-likeness (QED) is 0.627. The van der Waals surface area contributed by atoms with Gasteiger partial charge in [-0.05, 0) is 30.0 Å². The molecule has 0 radical (unpaired) electrons. The lowest BCUT2D eigenvalue weighted by molar-refractivity contribution is 0.0471. The van der Waals surface area contributed by atoms with E-state index in [1.807, 2.05) is 65.3 Å². The van der Waals surface area contributed by atoms with Gasteiger partial charge < -0.3 is 4.74 Å². The van der Waals surface area contributed by atoms with Gasteiger partial charge in [0.25, 0.3) is 0 Å². The van der Waals surface area contributed by atoms with Gasteiger partial charge in [0, 0.05) is 0 Å². The molecule has 0 saturated carbocycles. The van der Waals surface area contributed by atoms with Gasteiger partial charge in [0.2, 0.25) is 0 Å².